The van der Waals surface area contributed by atoms with E-state index in [2.05, 4.69) is 5.32 Å². The molecule has 0 radical (unpaired) electrons. The van der Waals surface area contributed by atoms with E-state index >= 15 is 0 Å². The molecule has 0 aromatic heterocycles. The molecular formula is C24H24N2O5. The van der Waals surface area contributed by atoms with Crippen molar-refractivity contribution in [2.75, 3.05) is 19.7 Å². The fourth-order valence-electron chi connectivity index (χ4n) is 3.25. The van der Waals surface area contributed by atoms with Crippen LogP contribution in [0.1, 0.15) is 28.8 Å². The summed E-state index contributed by atoms with van der Waals surface area (Å²) in [5.41, 5.74) is 1.29. The van der Waals surface area contributed by atoms with Crippen molar-refractivity contribution >= 4 is 29.8 Å². The zero-order chi connectivity index (χ0) is 22.1. The highest BCUT2D eigenvalue weighted by atomic mass is 16.5. The van der Waals surface area contributed by atoms with Crippen LogP contribution in [0.2, 0.25) is 0 Å². The number of benzene rings is 2. The third kappa shape index (κ3) is 6.64. The maximum Gasteiger partial charge on any atom is 0.309 e. The third-order valence-electron chi connectivity index (χ3n) is 4.99. The van der Waals surface area contributed by atoms with Gasteiger partial charge in [0, 0.05) is 24.7 Å². The highest BCUT2D eigenvalue weighted by Crippen LogP contribution is 2.19. The van der Waals surface area contributed by atoms with E-state index in [1.807, 2.05) is 30.3 Å². The molecule has 31 heavy (non-hydrogen) atoms. The monoisotopic (exact) mass is 420 g/mol. The molecule has 1 N–H and O–H groups in total. The Morgan fingerprint density at radius 2 is 1.55 bits per heavy atom. The van der Waals surface area contributed by atoms with E-state index < -0.39 is 24.4 Å². The molecule has 1 aliphatic rings. The van der Waals surface area contributed by atoms with Crippen LogP contribution in [0.25, 0.3) is 6.08 Å². The van der Waals surface area contributed by atoms with Gasteiger partial charge in [0.1, 0.15) is 0 Å². The van der Waals surface area contributed by atoms with Gasteiger partial charge in [0.25, 0.3) is 11.8 Å². The topological polar surface area (TPSA) is 92.8 Å². The Bertz CT molecular complexity index is 948. The first-order valence-electron chi connectivity index (χ1n) is 10.1. The zero-order valence-electron chi connectivity index (χ0n) is 17.0. The minimum Gasteiger partial charge on any atom is -0.455 e. The van der Waals surface area contributed by atoms with Crippen LogP contribution >= 0.6 is 0 Å². The van der Waals surface area contributed by atoms with Gasteiger partial charge in [-0.05, 0) is 36.6 Å². The van der Waals surface area contributed by atoms with Gasteiger partial charge in [-0.3, -0.25) is 24.5 Å². The Hall–Kier alpha value is -3.74. The molecule has 0 spiro atoms. The van der Waals surface area contributed by atoms with Gasteiger partial charge in [-0.25, -0.2) is 0 Å². The summed E-state index contributed by atoms with van der Waals surface area (Å²) < 4.78 is 5.06. The minimum atomic E-state index is -0.680. The van der Waals surface area contributed by atoms with Gasteiger partial charge in [-0.1, -0.05) is 48.5 Å². The lowest BCUT2D eigenvalue weighted by molar-refractivity contribution is -0.154. The van der Waals surface area contributed by atoms with Crippen LogP contribution in [-0.4, -0.2) is 48.3 Å². The maximum absolute atomic E-state index is 12.3. The van der Waals surface area contributed by atoms with E-state index in [1.165, 1.54) is 6.08 Å². The van der Waals surface area contributed by atoms with Crippen LogP contribution in [0.5, 0.6) is 0 Å². The van der Waals surface area contributed by atoms with Crippen LogP contribution in [0, 0.1) is 5.92 Å². The lowest BCUT2D eigenvalue weighted by Crippen LogP contribution is -2.40. The second-order valence-electron chi connectivity index (χ2n) is 7.19. The number of esters is 1. The van der Waals surface area contributed by atoms with Gasteiger partial charge in [-0.2, -0.15) is 0 Å². The molecule has 7 nitrogen and oxygen atoms in total. The second-order valence-corrected chi connectivity index (χ2v) is 7.19. The van der Waals surface area contributed by atoms with Crippen molar-refractivity contribution in [2.24, 2.45) is 5.92 Å². The molecule has 2 aromatic rings. The molecule has 1 fully saturated rings. The fourth-order valence-corrected chi connectivity index (χ4v) is 3.25. The number of nitrogens with one attached hydrogen (secondary N) is 1. The van der Waals surface area contributed by atoms with Crippen LogP contribution < -0.4 is 5.32 Å². The van der Waals surface area contributed by atoms with Crippen molar-refractivity contribution in [3.05, 3.63) is 77.9 Å². The first kappa shape index (κ1) is 22.0. The Morgan fingerprint density at radius 1 is 0.935 bits per heavy atom. The van der Waals surface area contributed by atoms with Crippen molar-refractivity contribution in [1.29, 1.82) is 0 Å². The molecule has 0 saturated carbocycles. The molecule has 0 unspecified atom stereocenters. The number of likely N-dealkylation sites (tertiary alicyclic amines) is 1. The van der Waals surface area contributed by atoms with E-state index in [1.54, 1.807) is 41.3 Å². The van der Waals surface area contributed by atoms with Crippen molar-refractivity contribution < 1.29 is 23.9 Å². The summed E-state index contributed by atoms with van der Waals surface area (Å²) in [6.07, 6.45) is 4.22. The normalized spacial score (nSPS) is 14.3. The first-order chi connectivity index (χ1) is 15.0. The molecule has 0 atom stereocenters. The Balaban J connectivity index is 1.39. The van der Waals surface area contributed by atoms with Crippen LogP contribution in [0.3, 0.4) is 0 Å². The number of hydrogen-bond donors (Lipinski definition) is 1. The average Bonchev–Trinajstić information content (AvgIpc) is 2.82. The molecule has 2 aromatic carbocycles. The lowest BCUT2D eigenvalue weighted by atomic mass is 9.97. The summed E-state index contributed by atoms with van der Waals surface area (Å²) in [5, 5.41) is 2.19. The molecule has 7 heteroatoms. The van der Waals surface area contributed by atoms with E-state index in [4.69, 9.17) is 4.74 Å². The number of piperidine rings is 1. The Kier molecular flexibility index (Phi) is 7.70. The molecule has 160 valence electrons. The van der Waals surface area contributed by atoms with Gasteiger partial charge >= 0.3 is 5.97 Å². The van der Waals surface area contributed by atoms with Gasteiger partial charge in [0.15, 0.2) is 6.61 Å². The van der Waals surface area contributed by atoms with Crippen molar-refractivity contribution in [1.82, 2.24) is 10.2 Å². The Morgan fingerprint density at radius 3 is 2.19 bits per heavy atom. The molecule has 1 saturated heterocycles. The highest BCUT2D eigenvalue weighted by Gasteiger charge is 2.28. The summed E-state index contributed by atoms with van der Waals surface area (Å²) in [5.74, 6) is -2.19. The number of imide groups is 1. The van der Waals surface area contributed by atoms with E-state index in [9.17, 15) is 19.2 Å². The SMILES string of the molecule is O=C(COC(=O)C1CCN(C(=O)/C=C/c2ccccc2)CC1)NC(=O)c1ccccc1. The second kappa shape index (κ2) is 10.9. The van der Waals surface area contributed by atoms with Crippen molar-refractivity contribution in [2.45, 2.75) is 12.8 Å². The number of carbonyl (C=O) groups is 4. The fraction of sp³-hybridized carbons (Fsp3) is 0.250. The van der Waals surface area contributed by atoms with Crippen LogP contribution in [-0.2, 0) is 19.1 Å². The number of nitrogens with zero attached hydrogens (tertiary/aromatic N) is 1. The molecule has 1 heterocycles. The Labute approximate surface area is 180 Å². The predicted octanol–water partition coefficient (Wildman–Crippen LogP) is 2.44. The first-order valence-corrected chi connectivity index (χ1v) is 10.1. The third-order valence-corrected chi connectivity index (χ3v) is 4.99. The predicted molar refractivity (Wildman–Crippen MR) is 115 cm³/mol. The molecule has 0 aliphatic carbocycles. The standard InChI is InChI=1S/C24H24N2O5/c27-21(25-23(29)19-9-5-2-6-10-19)17-31-24(30)20-13-15-26(16-14-20)22(28)12-11-18-7-3-1-4-8-18/h1-12,20H,13-17H2,(H,25,27,29)/b12-11+. The van der Waals surface area contributed by atoms with Gasteiger partial charge in [0.05, 0.1) is 5.92 Å². The number of amides is 3. The molecule has 3 amide bonds. The number of ether oxygens (including phenoxy) is 1. The molecule has 1 aliphatic heterocycles. The number of hydrogen-bond acceptors (Lipinski definition) is 5. The van der Waals surface area contributed by atoms with Gasteiger partial charge in [0.2, 0.25) is 5.91 Å². The van der Waals surface area contributed by atoms with E-state index in [0.717, 1.165) is 5.56 Å². The van der Waals surface area contributed by atoms with Crippen LogP contribution in [0.4, 0.5) is 0 Å². The van der Waals surface area contributed by atoms with Crippen molar-refractivity contribution in [3.8, 4) is 0 Å². The molecule has 3 rings (SSSR count). The quantitative estimate of drug-likeness (QED) is 0.572. The summed E-state index contributed by atoms with van der Waals surface area (Å²) >= 11 is 0. The summed E-state index contributed by atoms with van der Waals surface area (Å²) in [6, 6.07) is 17.8. The van der Waals surface area contributed by atoms with Gasteiger partial charge in [-0.15, -0.1) is 0 Å². The average molecular weight is 420 g/mol. The summed E-state index contributed by atoms with van der Waals surface area (Å²) in [6.45, 7) is 0.364. The van der Waals surface area contributed by atoms with Crippen LogP contribution in [0.15, 0.2) is 66.7 Å². The van der Waals surface area contributed by atoms with E-state index in [-0.39, 0.29) is 11.8 Å². The zero-order valence-corrected chi connectivity index (χ0v) is 17.0. The smallest absolute Gasteiger partial charge is 0.309 e. The lowest BCUT2D eigenvalue weighted by Gasteiger charge is -2.30. The maximum atomic E-state index is 12.3. The minimum absolute atomic E-state index is 0.102. The largest absolute Gasteiger partial charge is 0.455 e. The van der Waals surface area contributed by atoms with E-state index in [0.29, 0.717) is 31.5 Å². The highest BCUT2D eigenvalue weighted by molar-refractivity contribution is 6.05. The number of carbonyl (C=O) groups excluding carboxylic acids is 4. The summed E-state index contributed by atoms with van der Waals surface area (Å²) in [7, 11) is 0. The van der Waals surface area contributed by atoms with Crippen molar-refractivity contribution in [3.63, 3.8) is 0 Å². The summed E-state index contributed by atoms with van der Waals surface area (Å²) in [4.78, 5) is 50.1. The molecular weight excluding hydrogens is 396 g/mol. The van der Waals surface area contributed by atoms with Gasteiger partial charge < -0.3 is 9.64 Å². The number of rotatable bonds is 6. The molecule has 0 bridgehead atoms.